The zero-order chi connectivity index (χ0) is 13.2. The molecule has 9 nitrogen and oxygen atoms in total. The summed E-state index contributed by atoms with van der Waals surface area (Å²) in [6.07, 6.45) is 3.63. The van der Waals surface area contributed by atoms with E-state index < -0.39 is 0 Å². The van der Waals surface area contributed by atoms with Crippen LogP contribution in [-0.4, -0.2) is 58.9 Å². The zero-order valence-electron chi connectivity index (χ0n) is 11.1. The van der Waals surface area contributed by atoms with Crippen molar-refractivity contribution in [3.05, 3.63) is 0 Å². The molecule has 0 N–H and O–H groups in total. The van der Waals surface area contributed by atoms with Crippen LogP contribution in [-0.2, 0) is 6.54 Å². The summed E-state index contributed by atoms with van der Waals surface area (Å²) >= 11 is 0. The fourth-order valence-electron chi connectivity index (χ4n) is 2.49. The van der Waals surface area contributed by atoms with Crippen molar-refractivity contribution in [2.24, 2.45) is 0 Å². The summed E-state index contributed by atoms with van der Waals surface area (Å²) in [5, 5.41) is 23.7. The molecule has 3 rings (SSSR count). The minimum atomic E-state index is 0.181. The molecule has 1 fully saturated rings. The van der Waals surface area contributed by atoms with Gasteiger partial charge in [-0.2, -0.15) is 0 Å². The van der Waals surface area contributed by atoms with E-state index in [1.807, 2.05) is 11.6 Å². The van der Waals surface area contributed by atoms with Crippen LogP contribution in [0.25, 0.3) is 11.6 Å². The Hall–Kier alpha value is -1.90. The van der Waals surface area contributed by atoms with Gasteiger partial charge in [0, 0.05) is 6.54 Å². The van der Waals surface area contributed by atoms with Gasteiger partial charge in [-0.05, 0) is 60.6 Å². The Kier molecular flexibility index (Phi) is 3.20. The third-order valence-electron chi connectivity index (χ3n) is 3.54. The molecule has 1 aliphatic heterocycles. The van der Waals surface area contributed by atoms with Crippen LogP contribution in [0.15, 0.2) is 0 Å². The summed E-state index contributed by atoms with van der Waals surface area (Å²) in [6.45, 7) is 3.74. The average Bonchev–Trinajstić information content (AvgIpc) is 3.07. The predicted molar refractivity (Wildman–Crippen MR) is 65.8 cm³/mol. The van der Waals surface area contributed by atoms with E-state index in [2.05, 4.69) is 43.0 Å². The Balaban J connectivity index is 1.98. The van der Waals surface area contributed by atoms with E-state index in [4.69, 9.17) is 0 Å². The first-order valence-corrected chi connectivity index (χ1v) is 6.56. The number of piperidine rings is 1. The van der Waals surface area contributed by atoms with Crippen LogP contribution in [0.2, 0.25) is 0 Å². The van der Waals surface area contributed by atoms with Crippen molar-refractivity contribution in [3.63, 3.8) is 0 Å². The lowest BCUT2D eigenvalue weighted by Gasteiger charge is -2.32. The van der Waals surface area contributed by atoms with Crippen LogP contribution in [0.1, 0.15) is 32.4 Å². The van der Waals surface area contributed by atoms with Crippen molar-refractivity contribution in [3.8, 4) is 11.6 Å². The molecule has 0 saturated carbocycles. The third kappa shape index (κ3) is 2.09. The topological polar surface area (TPSA) is 90.4 Å². The van der Waals surface area contributed by atoms with E-state index in [0.717, 1.165) is 13.0 Å². The summed E-state index contributed by atoms with van der Waals surface area (Å²) in [6, 6.07) is 0. The Morgan fingerprint density at radius 3 is 2.68 bits per heavy atom. The van der Waals surface area contributed by atoms with Gasteiger partial charge in [0.15, 0.2) is 0 Å². The fourth-order valence-corrected chi connectivity index (χ4v) is 2.49. The zero-order valence-corrected chi connectivity index (χ0v) is 11.1. The van der Waals surface area contributed by atoms with Crippen molar-refractivity contribution in [1.82, 2.24) is 45.3 Å². The van der Waals surface area contributed by atoms with Crippen LogP contribution < -0.4 is 0 Å². The highest BCUT2D eigenvalue weighted by atomic mass is 15.6. The molecule has 0 bridgehead atoms. The minimum absolute atomic E-state index is 0.181. The van der Waals surface area contributed by atoms with Crippen LogP contribution in [0.5, 0.6) is 0 Å². The number of hydrogen-bond donors (Lipinski definition) is 0. The van der Waals surface area contributed by atoms with Crippen molar-refractivity contribution >= 4 is 0 Å². The molecule has 2 aromatic heterocycles. The first kappa shape index (κ1) is 12.2. The highest BCUT2D eigenvalue weighted by molar-refractivity contribution is 5.41. The molecule has 0 aliphatic carbocycles. The molecule has 1 saturated heterocycles. The maximum absolute atomic E-state index is 4.13. The Morgan fingerprint density at radius 1 is 1.11 bits per heavy atom. The summed E-state index contributed by atoms with van der Waals surface area (Å²) in [5.41, 5.74) is 0. The van der Waals surface area contributed by atoms with Gasteiger partial charge in [-0.3, -0.25) is 4.90 Å². The largest absolute Gasteiger partial charge is 0.285 e. The Labute approximate surface area is 110 Å². The van der Waals surface area contributed by atoms with E-state index in [0.29, 0.717) is 18.2 Å². The summed E-state index contributed by atoms with van der Waals surface area (Å²) in [4.78, 5) is 2.27. The number of hydrogen-bond acceptors (Lipinski definition) is 7. The molecular weight excluding hydrogens is 246 g/mol. The molecule has 2 aromatic rings. The number of nitrogens with zero attached hydrogens (tertiary/aromatic N) is 9. The van der Waals surface area contributed by atoms with Gasteiger partial charge < -0.3 is 0 Å². The molecule has 0 spiro atoms. The van der Waals surface area contributed by atoms with E-state index >= 15 is 0 Å². The van der Waals surface area contributed by atoms with E-state index in [9.17, 15) is 0 Å². The summed E-state index contributed by atoms with van der Waals surface area (Å²) in [7, 11) is 2.10. The van der Waals surface area contributed by atoms with Gasteiger partial charge in [0.25, 0.3) is 0 Å². The highest BCUT2D eigenvalue weighted by Gasteiger charge is 2.27. The maximum Gasteiger partial charge on any atom is 0.223 e. The maximum atomic E-state index is 4.13. The predicted octanol–water partition coefficient (Wildman–Crippen LogP) is -0.0392. The first-order valence-electron chi connectivity index (χ1n) is 6.56. The molecule has 1 aliphatic rings. The van der Waals surface area contributed by atoms with Gasteiger partial charge in [-0.15, -0.1) is 10.2 Å². The van der Waals surface area contributed by atoms with Crippen molar-refractivity contribution in [1.29, 1.82) is 0 Å². The Morgan fingerprint density at radius 2 is 1.89 bits per heavy atom. The van der Waals surface area contributed by atoms with E-state index in [-0.39, 0.29) is 6.17 Å². The number of tetrazole rings is 2. The second-order valence-corrected chi connectivity index (χ2v) is 4.72. The van der Waals surface area contributed by atoms with Gasteiger partial charge >= 0.3 is 0 Å². The molecule has 102 valence electrons. The first-order chi connectivity index (χ1) is 9.31. The van der Waals surface area contributed by atoms with Gasteiger partial charge in [-0.1, -0.05) is 0 Å². The average molecular weight is 263 g/mol. The standard InChI is InChI=1S/C10H17N9/c1-3-18-9(11-13-15-18)10-12-14-16-19(10)8-6-4-5-7-17(8)2/h8H,3-7H2,1-2H3. The monoisotopic (exact) mass is 263 g/mol. The van der Waals surface area contributed by atoms with Crippen molar-refractivity contribution in [2.45, 2.75) is 38.9 Å². The van der Waals surface area contributed by atoms with Crippen LogP contribution in [0.4, 0.5) is 0 Å². The van der Waals surface area contributed by atoms with Gasteiger partial charge in [-0.25, -0.2) is 9.36 Å². The van der Waals surface area contributed by atoms with Crippen molar-refractivity contribution < 1.29 is 0 Å². The van der Waals surface area contributed by atoms with Gasteiger partial charge in [0.1, 0.15) is 6.17 Å². The lowest BCUT2D eigenvalue weighted by atomic mass is 10.1. The molecule has 1 atom stereocenters. The molecule has 0 amide bonds. The highest BCUT2D eigenvalue weighted by Crippen LogP contribution is 2.26. The van der Waals surface area contributed by atoms with E-state index in [1.54, 1.807) is 4.68 Å². The van der Waals surface area contributed by atoms with Crippen LogP contribution >= 0.6 is 0 Å². The number of aromatic nitrogens is 8. The van der Waals surface area contributed by atoms with Crippen molar-refractivity contribution in [2.75, 3.05) is 13.6 Å². The summed E-state index contributed by atoms with van der Waals surface area (Å²) in [5.74, 6) is 1.25. The van der Waals surface area contributed by atoms with Crippen LogP contribution in [0.3, 0.4) is 0 Å². The smallest absolute Gasteiger partial charge is 0.223 e. The molecular formula is C10H17N9. The molecule has 0 aromatic carbocycles. The molecule has 0 radical (unpaired) electrons. The lowest BCUT2D eigenvalue weighted by Crippen LogP contribution is -2.34. The normalized spacial score (nSPS) is 20.8. The van der Waals surface area contributed by atoms with Gasteiger partial charge in [0.2, 0.25) is 11.6 Å². The molecule has 1 unspecified atom stereocenters. The second kappa shape index (κ2) is 5.00. The number of rotatable bonds is 3. The second-order valence-electron chi connectivity index (χ2n) is 4.72. The quantitative estimate of drug-likeness (QED) is 0.767. The fraction of sp³-hybridized carbons (Fsp3) is 0.800. The van der Waals surface area contributed by atoms with Gasteiger partial charge in [0.05, 0.1) is 0 Å². The Bertz CT molecular complexity index is 545. The lowest BCUT2D eigenvalue weighted by molar-refractivity contribution is 0.115. The number of likely N-dealkylation sites (tertiary alicyclic amines) is 1. The number of aryl methyl sites for hydroxylation is 1. The molecule has 19 heavy (non-hydrogen) atoms. The third-order valence-corrected chi connectivity index (χ3v) is 3.54. The molecule has 9 heteroatoms. The van der Waals surface area contributed by atoms with E-state index in [1.165, 1.54) is 12.8 Å². The minimum Gasteiger partial charge on any atom is -0.285 e. The SMILES string of the molecule is CCn1nnnc1-c1nnnn1C1CCCCN1C. The van der Waals surface area contributed by atoms with Crippen LogP contribution in [0, 0.1) is 0 Å². The summed E-state index contributed by atoms with van der Waals surface area (Å²) < 4.78 is 3.53. The molecule has 3 heterocycles.